The van der Waals surface area contributed by atoms with E-state index in [1.807, 2.05) is 51.4 Å². The van der Waals surface area contributed by atoms with E-state index < -0.39 is 0 Å². The van der Waals surface area contributed by atoms with Crippen LogP contribution in [0.5, 0.6) is 0 Å². The summed E-state index contributed by atoms with van der Waals surface area (Å²) in [6.07, 6.45) is 2.03. The van der Waals surface area contributed by atoms with Gasteiger partial charge < -0.3 is 10.2 Å². The smallest absolute Gasteiger partial charge is 0.241 e. The van der Waals surface area contributed by atoms with Crippen molar-refractivity contribution in [1.82, 2.24) is 4.90 Å². The van der Waals surface area contributed by atoms with Gasteiger partial charge in [0.1, 0.15) is 0 Å². The number of likely N-dealkylation sites (N-methyl/N-ethyl adjacent to an activating group) is 1. The van der Waals surface area contributed by atoms with E-state index in [1.54, 1.807) is 16.7 Å². The molecule has 1 rings (SSSR count). The van der Waals surface area contributed by atoms with E-state index in [9.17, 15) is 4.79 Å². The Morgan fingerprint density at radius 1 is 1.41 bits per heavy atom. The molecule has 1 N–H and O–H groups in total. The number of hydrogen-bond donors (Lipinski definition) is 1. The van der Waals surface area contributed by atoms with Gasteiger partial charge in [0.25, 0.3) is 0 Å². The monoisotopic (exact) mass is 252 g/mol. The van der Waals surface area contributed by atoms with Crippen LogP contribution in [0.2, 0.25) is 0 Å². The summed E-state index contributed by atoms with van der Waals surface area (Å²) < 4.78 is 0. The van der Waals surface area contributed by atoms with Gasteiger partial charge in [-0.25, -0.2) is 0 Å². The summed E-state index contributed by atoms with van der Waals surface area (Å²) in [5.41, 5.74) is 1.02. The van der Waals surface area contributed by atoms with Crippen molar-refractivity contribution in [2.24, 2.45) is 0 Å². The van der Waals surface area contributed by atoms with Gasteiger partial charge in [-0.15, -0.1) is 11.8 Å². The maximum Gasteiger partial charge on any atom is 0.241 e. The van der Waals surface area contributed by atoms with Crippen molar-refractivity contribution < 1.29 is 4.79 Å². The molecular formula is C13H20N2OS. The zero-order valence-corrected chi connectivity index (χ0v) is 11.7. The van der Waals surface area contributed by atoms with E-state index in [4.69, 9.17) is 0 Å². The molecular weight excluding hydrogens is 232 g/mol. The van der Waals surface area contributed by atoms with Crippen LogP contribution in [0.4, 0.5) is 5.69 Å². The highest BCUT2D eigenvalue weighted by Crippen LogP contribution is 2.24. The van der Waals surface area contributed by atoms with Crippen LogP contribution < -0.4 is 5.32 Å². The molecule has 0 saturated carbocycles. The van der Waals surface area contributed by atoms with Crippen molar-refractivity contribution in [2.45, 2.75) is 24.8 Å². The molecule has 0 spiro atoms. The van der Waals surface area contributed by atoms with Gasteiger partial charge in [-0.2, -0.15) is 0 Å². The van der Waals surface area contributed by atoms with Crippen molar-refractivity contribution in [3.63, 3.8) is 0 Å². The Morgan fingerprint density at radius 2 is 2.06 bits per heavy atom. The second kappa shape index (κ2) is 6.55. The van der Waals surface area contributed by atoms with Gasteiger partial charge in [0.15, 0.2) is 0 Å². The summed E-state index contributed by atoms with van der Waals surface area (Å²) >= 11 is 1.67. The maximum absolute atomic E-state index is 11.8. The van der Waals surface area contributed by atoms with Gasteiger partial charge in [0.2, 0.25) is 5.91 Å². The van der Waals surface area contributed by atoms with E-state index in [1.165, 1.54) is 0 Å². The number of rotatable bonds is 5. The first-order valence-corrected chi connectivity index (χ1v) is 6.91. The zero-order valence-electron chi connectivity index (χ0n) is 10.9. The molecule has 0 aromatic heterocycles. The van der Waals surface area contributed by atoms with Crippen LogP contribution in [0, 0.1) is 0 Å². The molecule has 0 fully saturated rings. The Bertz CT molecular complexity index is 379. The molecule has 3 nitrogen and oxygen atoms in total. The molecule has 0 radical (unpaired) electrons. The van der Waals surface area contributed by atoms with Gasteiger partial charge >= 0.3 is 0 Å². The first-order chi connectivity index (χ1) is 8.06. The zero-order chi connectivity index (χ0) is 12.8. The molecule has 1 amide bonds. The van der Waals surface area contributed by atoms with E-state index in [-0.39, 0.29) is 11.9 Å². The van der Waals surface area contributed by atoms with Crippen molar-refractivity contribution in [1.29, 1.82) is 0 Å². The number of carbonyl (C=O) groups excluding carboxylic acids is 1. The summed E-state index contributed by atoms with van der Waals surface area (Å²) in [6.45, 7) is 4.35. The molecule has 1 aromatic carbocycles. The number of carbonyl (C=O) groups is 1. The summed E-state index contributed by atoms with van der Waals surface area (Å²) in [4.78, 5) is 14.7. The lowest BCUT2D eigenvalue weighted by molar-refractivity contribution is -0.129. The Labute approximate surface area is 108 Å². The van der Waals surface area contributed by atoms with Crippen LogP contribution in [0.1, 0.15) is 13.8 Å². The largest absolute Gasteiger partial charge is 0.375 e. The summed E-state index contributed by atoms with van der Waals surface area (Å²) in [6, 6.07) is 8.25. The topological polar surface area (TPSA) is 32.3 Å². The first-order valence-electron chi connectivity index (χ1n) is 5.68. The number of nitrogens with one attached hydrogen (secondary N) is 1. The molecule has 4 heteroatoms. The predicted octanol–water partition coefficient (Wildman–Crippen LogP) is 2.69. The lowest BCUT2D eigenvalue weighted by Gasteiger charge is -2.22. The van der Waals surface area contributed by atoms with Crippen LogP contribution in [0.3, 0.4) is 0 Å². The highest BCUT2D eigenvalue weighted by Gasteiger charge is 2.11. The summed E-state index contributed by atoms with van der Waals surface area (Å²) in [5, 5.41) is 3.19. The molecule has 94 valence electrons. The molecule has 0 heterocycles. The van der Waals surface area contributed by atoms with Crippen molar-refractivity contribution in [3.8, 4) is 0 Å². The maximum atomic E-state index is 11.8. The van der Waals surface area contributed by atoms with Crippen LogP contribution in [0.25, 0.3) is 0 Å². The van der Waals surface area contributed by atoms with Crippen molar-refractivity contribution in [3.05, 3.63) is 24.3 Å². The van der Waals surface area contributed by atoms with Gasteiger partial charge in [-0.05, 0) is 32.2 Å². The second-order valence-electron chi connectivity index (χ2n) is 4.15. The van der Waals surface area contributed by atoms with Gasteiger partial charge in [0.05, 0.1) is 6.54 Å². The minimum absolute atomic E-state index is 0.107. The molecule has 17 heavy (non-hydrogen) atoms. The lowest BCUT2D eigenvalue weighted by Crippen LogP contribution is -2.37. The van der Waals surface area contributed by atoms with E-state index in [2.05, 4.69) is 5.32 Å². The number of hydrogen-bond acceptors (Lipinski definition) is 3. The van der Waals surface area contributed by atoms with Gasteiger partial charge in [-0.3, -0.25) is 4.79 Å². The SMILES string of the molecule is CSc1ccccc1NCC(=O)N(C)C(C)C. The molecule has 0 saturated heterocycles. The number of thioether (sulfide) groups is 1. The van der Waals surface area contributed by atoms with Crippen LogP contribution in [-0.4, -0.2) is 36.7 Å². The van der Waals surface area contributed by atoms with Crippen LogP contribution in [0.15, 0.2) is 29.2 Å². The normalized spacial score (nSPS) is 10.4. The predicted molar refractivity (Wildman–Crippen MR) is 74.6 cm³/mol. The van der Waals surface area contributed by atoms with Crippen molar-refractivity contribution in [2.75, 3.05) is 25.2 Å². The summed E-state index contributed by atoms with van der Waals surface area (Å²) in [5.74, 6) is 0.107. The lowest BCUT2D eigenvalue weighted by atomic mass is 10.3. The average molecular weight is 252 g/mol. The van der Waals surface area contributed by atoms with Crippen LogP contribution in [-0.2, 0) is 4.79 Å². The molecule has 0 bridgehead atoms. The highest BCUT2D eigenvalue weighted by molar-refractivity contribution is 7.98. The Kier molecular flexibility index (Phi) is 5.35. The Morgan fingerprint density at radius 3 is 2.65 bits per heavy atom. The van der Waals surface area contributed by atoms with Crippen molar-refractivity contribution >= 4 is 23.4 Å². The molecule has 0 aliphatic heterocycles. The van der Waals surface area contributed by atoms with E-state index in [0.29, 0.717) is 6.54 Å². The van der Waals surface area contributed by atoms with E-state index >= 15 is 0 Å². The molecule has 0 unspecified atom stereocenters. The molecule has 1 aromatic rings. The third kappa shape index (κ3) is 3.97. The number of benzene rings is 1. The highest BCUT2D eigenvalue weighted by atomic mass is 32.2. The van der Waals surface area contributed by atoms with E-state index in [0.717, 1.165) is 10.6 Å². The average Bonchev–Trinajstić information content (AvgIpc) is 2.35. The Hall–Kier alpha value is -1.16. The Balaban J connectivity index is 2.58. The number of para-hydroxylation sites is 1. The fraction of sp³-hybridized carbons (Fsp3) is 0.462. The minimum Gasteiger partial charge on any atom is -0.375 e. The first kappa shape index (κ1) is 13.9. The minimum atomic E-state index is 0.107. The standard InChI is InChI=1S/C13H20N2OS/c1-10(2)15(3)13(16)9-14-11-7-5-6-8-12(11)17-4/h5-8,10,14H,9H2,1-4H3. The molecule has 0 atom stereocenters. The van der Waals surface area contributed by atoms with Gasteiger partial charge in [-0.1, -0.05) is 12.1 Å². The van der Waals surface area contributed by atoms with Gasteiger partial charge in [0, 0.05) is 23.7 Å². The second-order valence-corrected chi connectivity index (χ2v) is 5.00. The fourth-order valence-corrected chi connectivity index (χ4v) is 1.95. The third-order valence-corrected chi connectivity index (χ3v) is 3.50. The summed E-state index contributed by atoms with van der Waals surface area (Å²) in [7, 11) is 1.83. The fourth-order valence-electron chi connectivity index (χ4n) is 1.37. The number of nitrogens with zero attached hydrogens (tertiary/aromatic N) is 1. The quantitative estimate of drug-likeness (QED) is 0.818. The van der Waals surface area contributed by atoms with Crippen LogP contribution >= 0.6 is 11.8 Å². The number of amides is 1. The molecule has 0 aliphatic carbocycles. The molecule has 0 aliphatic rings. The number of anilines is 1. The third-order valence-electron chi connectivity index (χ3n) is 2.71.